The molecule has 1 aromatic carbocycles. The molecule has 0 aliphatic heterocycles. The van der Waals surface area contributed by atoms with Crippen molar-refractivity contribution in [3.8, 4) is 5.69 Å². The largest absolute Gasteiger partial charge is 0.292 e. The Kier molecular flexibility index (Phi) is 2.91. The van der Waals surface area contributed by atoms with Gasteiger partial charge in [-0.3, -0.25) is 9.55 Å². The summed E-state index contributed by atoms with van der Waals surface area (Å²) in [6, 6.07) is 4.95. The minimum absolute atomic E-state index is 0.0874. The molecule has 0 amide bonds. The minimum atomic E-state index is -0.538. The van der Waals surface area contributed by atoms with Crippen molar-refractivity contribution in [3.05, 3.63) is 54.1 Å². The molecule has 19 heavy (non-hydrogen) atoms. The number of hydrogen-bond donors (Lipinski definition) is 0. The van der Waals surface area contributed by atoms with Crippen molar-refractivity contribution in [2.24, 2.45) is 0 Å². The van der Waals surface area contributed by atoms with Crippen molar-refractivity contribution >= 4 is 22.6 Å². The smallest absolute Gasteiger partial charge is 0.147 e. The van der Waals surface area contributed by atoms with Crippen molar-refractivity contribution in [1.29, 1.82) is 0 Å². The maximum atomic E-state index is 13.9. The van der Waals surface area contributed by atoms with Crippen LogP contribution >= 0.6 is 11.6 Å². The number of nitrogens with zero attached hydrogens (tertiary/aromatic N) is 3. The first kappa shape index (κ1) is 12.0. The molecule has 96 valence electrons. The summed E-state index contributed by atoms with van der Waals surface area (Å²) < 4.78 is 28.7. The number of halogens is 3. The summed E-state index contributed by atoms with van der Waals surface area (Å²) in [4.78, 5) is 8.21. The van der Waals surface area contributed by atoms with E-state index in [4.69, 9.17) is 11.6 Å². The Morgan fingerprint density at radius 1 is 1.21 bits per heavy atom. The third kappa shape index (κ3) is 1.96. The lowest BCUT2D eigenvalue weighted by Gasteiger charge is -2.08. The maximum absolute atomic E-state index is 13.9. The van der Waals surface area contributed by atoms with Gasteiger partial charge in [-0.05, 0) is 18.2 Å². The van der Waals surface area contributed by atoms with Gasteiger partial charge in [-0.2, -0.15) is 0 Å². The quantitative estimate of drug-likeness (QED) is 0.673. The highest BCUT2D eigenvalue weighted by atomic mass is 35.5. The van der Waals surface area contributed by atoms with Gasteiger partial charge in [0.05, 0.1) is 23.3 Å². The van der Waals surface area contributed by atoms with E-state index in [1.165, 1.54) is 4.57 Å². The van der Waals surface area contributed by atoms with E-state index in [2.05, 4.69) is 9.97 Å². The number of fused-ring (bicyclic) bond motifs is 1. The lowest BCUT2D eigenvalue weighted by atomic mass is 10.2. The predicted octanol–water partition coefficient (Wildman–Crippen LogP) is 3.44. The predicted molar refractivity (Wildman–Crippen MR) is 68.3 cm³/mol. The van der Waals surface area contributed by atoms with Gasteiger partial charge in [0.25, 0.3) is 0 Å². The Bertz CT molecular complexity index is 755. The van der Waals surface area contributed by atoms with Crippen LogP contribution in [0.5, 0.6) is 0 Å². The molecule has 3 rings (SSSR count). The molecule has 3 aromatic rings. The van der Waals surface area contributed by atoms with Crippen LogP contribution in [0.2, 0.25) is 0 Å². The number of hydrogen-bond acceptors (Lipinski definition) is 2. The first-order valence-corrected chi connectivity index (χ1v) is 6.07. The zero-order chi connectivity index (χ0) is 13.4. The van der Waals surface area contributed by atoms with Crippen LogP contribution in [-0.2, 0) is 5.88 Å². The molecule has 0 aliphatic rings. The van der Waals surface area contributed by atoms with Crippen molar-refractivity contribution in [2.75, 3.05) is 0 Å². The Morgan fingerprint density at radius 3 is 2.84 bits per heavy atom. The van der Waals surface area contributed by atoms with Gasteiger partial charge in [0.1, 0.15) is 23.0 Å². The summed E-state index contributed by atoms with van der Waals surface area (Å²) in [6.07, 6.45) is 3.12. The highest BCUT2D eigenvalue weighted by molar-refractivity contribution is 6.17. The molecule has 0 saturated carbocycles. The van der Waals surface area contributed by atoms with Crippen LogP contribution in [-0.4, -0.2) is 14.5 Å². The summed E-state index contributed by atoms with van der Waals surface area (Å²) in [6.45, 7) is 0. The number of aromatic nitrogens is 3. The second-order valence-electron chi connectivity index (χ2n) is 3.96. The van der Waals surface area contributed by atoms with E-state index >= 15 is 0 Å². The fourth-order valence-electron chi connectivity index (χ4n) is 2.00. The summed E-state index contributed by atoms with van der Waals surface area (Å²) >= 11 is 5.83. The molecule has 0 radical (unpaired) electrons. The van der Waals surface area contributed by atoms with Gasteiger partial charge in [-0.1, -0.05) is 0 Å². The van der Waals surface area contributed by atoms with Gasteiger partial charge in [0.15, 0.2) is 0 Å². The van der Waals surface area contributed by atoms with E-state index in [1.54, 1.807) is 18.5 Å². The van der Waals surface area contributed by atoms with Crippen molar-refractivity contribution < 1.29 is 8.78 Å². The monoisotopic (exact) mass is 279 g/mol. The molecule has 0 unspecified atom stereocenters. The highest BCUT2D eigenvalue weighted by Crippen LogP contribution is 2.24. The lowest BCUT2D eigenvalue weighted by molar-refractivity contribution is 0.592. The SMILES string of the molecule is Fc1ccc(F)c(-n2c(CCl)nc3cnccc32)c1. The lowest BCUT2D eigenvalue weighted by Crippen LogP contribution is -2.02. The fraction of sp³-hybridized carbons (Fsp3) is 0.0769. The molecule has 0 N–H and O–H groups in total. The van der Waals surface area contributed by atoms with Gasteiger partial charge in [-0.15, -0.1) is 11.6 Å². The van der Waals surface area contributed by atoms with Crippen molar-refractivity contribution in [1.82, 2.24) is 14.5 Å². The molecular formula is C13H8ClF2N3. The zero-order valence-corrected chi connectivity index (χ0v) is 10.4. The standard InChI is InChI=1S/C13H8ClF2N3/c14-6-13-18-10-7-17-4-3-11(10)19(13)12-5-8(15)1-2-9(12)16/h1-5,7H,6H2. The van der Waals surface area contributed by atoms with Gasteiger partial charge in [0.2, 0.25) is 0 Å². The van der Waals surface area contributed by atoms with E-state index in [1.807, 2.05) is 0 Å². The van der Waals surface area contributed by atoms with E-state index in [0.29, 0.717) is 16.9 Å². The van der Waals surface area contributed by atoms with Gasteiger partial charge >= 0.3 is 0 Å². The van der Waals surface area contributed by atoms with E-state index < -0.39 is 11.6 Å². The number of benzene rings is 1. The van der Waals surface area contributed by atoms with E-state index in [0.717, 1.165) is 18.2 Å². The summed E-state index contributed by atoms with van der Waals surface area (Å²) in [5.41, 5.74) is 1.31. The van der Waals surface area contributed by atoms with E-state index in [-0.39, 0.29) is 11.6 Å². The third-order valence-corrected chi connectivity index (χ3v) is 3.03. The summed E-state index contributed by atoms with van der Waals surface area (Å²) in [5, 5.41) is 0. The number of rotatable bonds is 2. The number of imidazole rings is 1. The van der Waals surface area contributed by atoms with Crippen LogP contribution in [0.25, 0.3) is 16.7 Å². The van der Waals surface area contributed by atoms with Crippen LogP contribution in [0.1, 0.15) is 5.82 Å². The molecule has 0 aliphatic carbocycles. The normalized spacial score (nSPS) is 11.1. The Hall–Kier alpha value is -2.01. The molecular weight excluding hydrogens is 272 g/mol. The first-order chi connectivity index (χ1) is 9.20. The second kappa shape index (κ2) is 4.59. The molecule has 6 heteroatoms. The molecule has 2 aromatic heterocycles. The van der Waals surface area contributed by atoms with E-state index in [9.17, 15) is 8.78 Å². The third-order valence-electron chi connectivity index (χ3n) is 2.79. The summed E-state index contributed by atoms with van der Waals surface area (Å²) in [7, 11) is 0. The molecule has 0 bridgehead atoms. The maximum Gasteiger partial charge on any atom is 0.147 e. The number of pyridine rings is 1. The van der Waals surface area contributed by atoms with Gasteiger partial charge < -0.3 is 0 Å². The van der Waals surface area contributed by atoms with Crippen LogP contribution in [0.15, 0.2) is 36.7 Å². The second-order valence-corrected chi connectivity index (χ2v) is 4.22. The topological polar surface area (TPSA) is 30.7 Å². The molecule has 0 saturated heterocycles. The number of alkyl halides is 1. The van der Waals surface area contributed by atoms with Crippen molar-refractivity contribution in [2.45, 2.75) is 5.88 Å². The van der Waals surface area contributed by atoms with Crippen LogP contribution < -0.4 is 0 Å². The van der Waals surface area contributed by atoms with Crippen LogP contribution in [0.3, 0.4) is 0 Å². The van der Waals surface area contributed by atoms with Crippen LogP contribution in [0, 0.1) is 11.6 Å². The molecule has 0 fully saturated rings. The Morgan fingerprint density at radius 2 is 2.05 bits per heavy atom. The first-order valence-electron chi connectivity index (χ1n) is 5.53. The molecule has 3 nitrogen and oxygen atoms in total. The molecule has 0 atom stereocenters. The van der Waals surface area contributed by atoms with Crippen molar-refractivity contribution in [3.63, 3.8) is 0 Å². The highest BCUT2D eigenvalue weighted by Gasteiger charge is 2.15. The van der Waals surface area contributed by atoms with Gasteiger partial charge in [-0.25, -0.2) is 13.8 Å². The average Bonchev–Trinajstić information content (AvgIpc) is 2.80. The molecule has 0 spiro atoms. The minimum Gasteiger partial charge on any atom is -0.292 e. The Balaban J connectivity index is 2.37. The molecule has 2 heterocycles. The average molecular weight is 280 g/mol. The van der Waals surface area contributed by atoms with Gasteiger partial charge in [0, 0.05) is 12.3 Å². The summed E-state index contributed by atoms with van der Waals surface area (Å²) in [5.74, 6) is -0.532. The Labute approximate surface area is 112 Å². The fourth-order valence-corrected chi connectivity index (χ4v) is 2.18. The van der Waals surface area contributed by atoms with Crippen LogP contribution in [0.4, 0.5) is 8.78 Å². The zero-order valence-electron chi connectivity index (χ0n) is 9.65.